The fourth-order valence-electron chi connectivity index (χ4n) is 1.82. The molecular formula is C14H12Br2FNO. The molecule has 2 rings (SSSR count). The minimum absolute atomic E-state index is 0.335. The number of halogens is 3. The lowest BCUT2D eigenvalue weighted by Gasteiger charge is -2.16. The smallest absolute Gasteiger partial charge is 0.142 e. The molecule has 100 valence electrons. The Morgan fingerprint density at radius 2 is 1.84 bits per heavy atom. The lowest BCUT2D eigenvalue weighted by molar-refractivity contribution is 0.414. The van der Waals surface area contributed by atoms with Gasteiger partial charge in [0.25, 0.3) is 0 Å². The van der Waals surface area contributed by atoms with Gasteiger partial charge < -0.3 is 10.5 Å². The summed E-state index contributed by atoms with van der Waals surface area (Å²) in [5.41, 5.74) is 7.39. The van der Waals surface area contributed by atoms with Gasteiger partial charge in [-0.1, -0.05) is 34.1 Å². The second-order valence-corrected chi connectivity index (χ2v) is 5.72. The van der Waals surface area contributed by atoms with E-state index in [9.17, 15) is 4.39 Å². The maximum atomic E-state index is 14.0. The molecule has 0 aliphatic heterocycles. The van der Waals surface area contributed by atoms with Gasteiger partial charge in [0.1, 0.15) is 11.6 Å². The van der Waals surface area contributed by atoms with Crippen LogP contribution in [0.1, 0.15) is 17.2 Å². The van der Waals surface area contributed by atoms with Gasteiger partial charge in [-0.15, -0.1) is 0 Å². The first kappa shape index (κ1) is 14.5. The molecule has 0 heterocycles. The van der Waals surface area contributed by atoms with E-state index in [0.29, 0.717) is 10.0 Å². The van der Waals surface area contributed by atoms with Gasteiger partial charge in [-0.2, -0.15) is 0 Å². The maximum absolute atomic E-state index is 14.0. The molecule has 0 saturated carbocycles. The van der Waals surface area contributed by atoms with E-state index in [1.807, 2.05) is 12.1 Å². The zero-order valence-corrected chi connectivity index (χ0v) is 13.3. The van der Waals surface area contributed by atoms with Crippen molar-refractivity contribution in [1.82, 2.24) is 0 Å². The first-order valence-corrected chi connectivity index (χ1v) is 7.16. The van der Waals surface area contributed by atoms with Crippen molar-refractivity contribution >= 4 is 31.9 Å². The van der Waals surface area contributed by atoms with E-state index in [4.69, 9.17) is 10.5 Å². The Bertz CT molecular complexity index is 604. The predicted molar refractivity (Wildman–Crippen MR) is 80.8 cm³/mol. The van der Waals surface area contributed by atoms with Crippen LogP contribution in [0.25, 0.3) is 0 Å². The van der Waals surface area contributed by atoms with Crippen LogP contribution in [0.3, 0.4) is 0 Å². The van der Waals surface area contributed by atoms with Crippen molar-refractivity contribution in [3.63, 3.8) is 0 Å². The van der Waals surface area contributed by atoms with Crippen LogP contribution in [0.2, 0.25) is 0 Å². The van der Waals surface area contributed by atoms with E-state index in [0.717, 1.165) is 15.8 Å². The van der Waals surface area contributed by atoms with Gasteiger partial charge in [0.15, 0.2) is 0 Å². The van der Waals surface area contributed by atoms with Gasteiger partial charge in [-0.25, -0.2) is 4.39 Å². The van der Waals surface area contributed by atoms with Crippen LogP contribution in [0, 0.1) is 5.82 Å². The summed E-state index contributed by atoms with van der Waals surface area (Å²) < 4.78 is 20.4. The molecule has 0 aliphatic rings. The number of benzene rings is 2. The SMILES string of the molecule is COc1ccc(C(N)c2cccc(Br)c2F)c(Br)c1. The van der Waals surface area contributed by atoms with Gasteiger partial charge in [-0.05, 0) is 39.7 Å². The monoisotopic (exact) mass is 387 g/mol. The molecule has 0 bridgehead atoms. The van der Waals surface area contributed by atoms with E-state index in [1.54, 1.807) is 31.4 Å². The van der Waals surface area contributed by atoms with Crippen molar-refractivity contribution in [2.45, 2.75) is 6.04 Å². The van der Waals surface area contributed by atoms with Crippen LogP contribution in [-0.2, 0) is 0 Å². The Hall–Kier alpha value is -0.910. The molecule has 0 fully saturated rings. The number of rotatable bonds is 3. The summed E-state index contributed by atoms with van der Waals surface area (Å²) in [5, 5.41) is 0. The summed E-state index contributed by atoms with van der Waals surface area (Å²) in [7, 11) is 1.59. The normalized spacial score (nSPS) is 12.3. The Balaban J connectivity index is 2.44. The van der Waals surface area contributed by atoms with E-state index in [-0.39, 0.29) is 5.82 Å². The Morgan fingerprint density at radius 3 is 2.47 bits per heavy atom. The molecule has 5 heteroatoms. The number of ether oxygens (including phenoxy) is 1. The van der Waals surface area contributed by atoms with Crippen LogP contribution in [-0.4, -0.2) is 7.11 Å². The average Bonchev–Trinajstić information content (AvgIpc) is 2.41. The van der Waals surface area contributed by atoms with Gasteiger partial charge in [0.05, 0.1) is 17.6 Å². The number of hydrogen-bond acceptors (Lipinski definition) is 2. The van der Waals surface area contributed by atoms with E-state index in [1.165, 1.54) is 0 Å². The average molecular weight is 389 g/mol. The molecule has 0 aliphatic carbocycles. The molecule has 0 amide bonds. The van der Waals surface area contributed by atoms with Gasteiger partial charge in [0.2, 0.25) is 0 Å². The summed E-state index contributed by atoms with van der Waals surface area (Å²) in [4.78, 5) is 0. The predicted octanol–water partition coefficient (Wildman–Crippen LogP) is 4.41. The zero-order valence-electron chi connectivity index (χ0n) is 10.2. The molecule has 2 aromatic carbocycles. The third kappa shape index (κ3) is 2.99. The number of hydrogen-bond donors (Lipinski definition) is 1. The highest BCUT2D eigenvalue weighted by atomic mass is 79.9. The quantitative estimate of drug-likeness (QED) is 0.845. The van der Waals surface area contributed by atoms with Crippen molar-refractivity contribution in [1.29, 1.82) is 0 Å². The topological polar surface area (TPSA) is 35.2 Å². The maximum Gasteiger partial charge on any atom is 0.142 e. The molecular weight excluding hydrogens is 377 g/mol. The molecule has 0 saturated heterocycles. The van der Waals surface area contributed by atoms with Crippen molar-refractivity contribution < 1.29 is 9.13 Å². The molecule has 2 aromatic rings. The second-order valence-electron chi connectivity index (χ2n) is 4.01. The van der Waals surface area contributed by atoms with E-state index in [2.05, 4.69) is 31.9 Å². The summed E-state index contributed by atoms with van der Waals surface area (Å²) in [5.74, 6) is 0.384. The van der Waals surface area contributed by atoms with Crippen LogP contribution < -0.4 is 10.5 Å². The molecule has 1 atom stereocenters. The molecule has 19 heavy (non-hydrogen) atoms. The van der Waals surface area contributed by atoms with Gasteiger partial charge in [0, 0.05) is 10.0 Å². The minimum Gasteiger partial charge on any atom is -0.497 e. The first-order valence-electron chi connectivity index (χ1n) is 5.57. The third-order valence-electron chi connectivity index (χ3n) is 2.86. The van der Waals surface area contributed by atoms with Crippen LogP contribution >= 0.6 is 31.9 Å². The summed E-state index contributed by atoms with van der Waals surface area (Å²) in [6.45, 7) is 0. The summed E-state index contributed by atoms with van der Waals surface area (Å²) in [6, 6.07) is 9.99. The standard InChI is InChI=1S/C14H12Br2FNO/c1-19-8-5-6-9(12(16)7-8)14(18)10-3-2-4-11(15)13(10)17/h2-7,14H,18H2,1H3. The van der Waals surface area contributed by atoms with Crippen molar-refractivity contribution in [2.24, 2.45) is 5.73 Å². The lowest BCUT2D eigenvalue weighted by Crippen LogP contribution is -2.14. The fourth-order valence-corrected chi connectivity index (χ4v) is 2.80. The molecule has 0 spiro atoms. The zero-order chi connectivity index (χ0) is 14.0. The van der Waals surface area contributed by atoms with Gasteiger partial charge >= 0.3 is 0 Å². The highest BCUT2D eigenvalue weighted by Crippen LogP contribution is 2.32. The fraction of sp³-hybridized carbons (Fsp3) is 0.143. The highest BCUT2D eigenvalue weighted by Gasteiger charge is 2.17. The van der Waals surface area contributed by atoms with Gasteiger partial charge in [-0.3, -0.25) is 0 Å². The molecule has 0 aromatic heterocycles. The Morgan fingerprint density at radius 1 is 1.11 bits per heavy atom. The van der Waals surface area contributed by atoms with Crippen molar-refractivity contribution in [3.05, 3.63) is 62.3 Å². The third-order valence-corrected chi connectivity index (χ3v) is 4.16. The Kier molecular flexibility index (Phi) is 4.60. The van der Waals surface area contributed by atoms with Crippen molar-refractivity contribution in [3.8, 4) is 5.75 Å². The molecule has 0 radical (unpaired) electrons. The lowest BCUT2D eigenvalue weighted by atomic mass is 9.99. The van der Waals surface area contributed by atoms with Crippen LogP contribution in [0.15, 0.2) is 45.3 Å². The molecule has 1 unspecified atom stereocenters. The highest BCUT2D eigenvalue weighted by molar-refractivity contribution is 9.10. The van der Waals surface area contributed by atoms with Crippen LogP contribution in [0.5, 0.6) is 5.75 Å². The molecule has 2 N–H and O–H groups in total. The first-order chi connectivity index (χ1) is 9.04. The summed E-state index contributed by atoms with van der Waals surface area (Å²) in [6.07, 6.45) is 0. The van der Waals surface area contributed by atoms with Crippen molar-refractivity contribution in [2.75, 3.05) is 7.11 Å². The number of nitrogens with two attached hydrogens (primary N) is 1. The van der Waals surface area contributed by atoms with Crippen LogP contribution in [0.4, 0.5) is 4.39 Å². The minimum atomic E-state index is -0.544. The van der Waals surface area contributed by atoms with E-state index >= 15 is 0 Å². The Labute approximate surface area is 128 Å². The van der Waals surface area contributed by atoms with E-state index < -0.39 is 6.04 Å². The largest absolute Gasteiger partial charge is 0.497 e. The number of methoxy groups -OCH3 is 1. The second kappa shape index (κ2) is 6.03. The summed E-state index contributed by atoms with van der Waals surface area (Å²) >= 11 is 6.60. The molecule has 2 nitrogen and oxygen atoms in total.